The average molecular weight is 215 g/mol. The van der Waals surface area contributed by atoms with Crippen LogP contribution in [-0.4, -0.2) is 24.6 Å². The zero-order valence-electron chi connectivity index (χ0n) is 9.94. The monoisotopic (exact) mass is 215 g/mol. The zero-order chi connectivity index (χ0) is 10.8. The Hall–Kier alpha value is 0.0500. The van der Waals surface area contributed by atoms with E-state index in [2.05, 4.69) is 32.0 Å². The molecule has 0 spiro atoms. The summed E-state index contributed by atoms with van der Waals surface area (Å²) in [5, 5.41) is 3.58. The summed E-state index contributed by atoms with van der Waals surface area (Å²) in [5.74, 6) is 1.22. The second-order valence-corrected chi connectivity index (χ2v) is 4.83. The highest BCUT2D eigenvalue weighted by Crippen LogP contribution is 2.07. The van der Waals surface area contributed by atoms with E-state index in [0.29, 0.717) is 6.04 Å². The van der Waals surface area contributed by atoms with Gasteiger partial charge >= 0.3 is 0 Å². The average Bonchev–Trinajstić information content (AvgIpc) is 2.16. The Balaban J connectivity index is 3.57. The van der Waals surface area contributed by atoms with Crippen molar-refractivity contribution in [2.75, 3.05) is 18.6 Å². The Labute approximate surface area is 93.7 Å². The molecule has 1 N–H and O–H groups in total. The first-order valence-electron chi connectivity index (χ1n) is 5.60. The molecule has 0 unspecified atom stereocenters. The van der Waals surface area contributed by atoms with Crippen LogP contribution in [-0.2, 0) is 0 Å². The van der Waals surface area contributed by atoms with Gasteiger partial charge in [0.1, 0.15) is 0 Å². The van der Waals surface area contributed by atoms with Crippen molar-refractivity contribution in [3.8, 4) is 0 Å². The van der Waals surface area contributed by atoms with E-state index in [-0.39, 0.29) is 0 Å². The number of thioether (sulfide) groups is 1. The summed E-state index contributed by atoms with van der Waals surface area (Å²) < 4.78 is 0. The largest absolute Gasteiger partial charge is 0.310 e. The predicted octanol–water partition coefficient (Wildman–Crippen LogP) is 3.46. The molecule has 0 amide bonds. The van der Waals surface area contributed by atoms with Crippen LogP contribution in [0.4, 0.5) is 0 Å². The molecule has 1 nitrogen and oxygen atoms in total. The Morgan fingerprint density at radius 1 is 1.43 bits per heavy atom. The Morgan fingerprint density at radius 2 is 2.14 bits per heavy atom. The van der Waals surface area contributed by atoms with E-state index in [1.165, 1.54) is 37.0 Å². The van der Waals surface area contributed by atoms with Gasteiger partial charge in [-0.1, -0.05) is 31.9 Å². The summed E-state index contributed by atoms with van der Waals surface area (Å²) in [6.07, 6.45) is 7.29. The minimum Gasteiger partial charge on any atom is -0.310 e. The molecule has 0 aromatic rings. The highest BCUT2D eigenvalue weighted by Gasteiger charge is 2.06. The lowest BCUT2D eigenvalue weighted by atomic mass is 10.1. The number of rotatable bonds is 9. The van der Waals surface area contributed by atoms with Crippen molar-refractivity contribution in [1.82, 2.24) is 5.32 Å². The first kappa shape index (κ1) is 14.1. The standard InChI is InChI=1S/C12H25NS/c1-5-6-7-9-13-12(11(2)3)8-10-14-4/h12-13H,2,5-10H2,1,3-4H3/t12-/m0/s1. The molecule has 14 heavy (non-hydrogen) atoms. The normalized spacial score (nSPS) is 12.8. The molecule has 2 heteroatoms. The third kappa shape index (κ3) is 7.45. The molecule has 0 aliphatic rings. The van der Waals surface area contributed by atoms with E-state index >= 15 is 0 Å². The highest BCUT2D eigenvalue weighted by atomic mass is 32.2. The second kappa shape index (κ2) is 9.60. The summed E-state index contributed by atoms with van der Waals surface area (Å²) in [4.78, 5) is 0. The van der Waals surface area contributed by atoms with Crippen LogP contribution < -0.4 is 5.32 Å². The van der Waals surface area contributed by atoms with Gasteiger partial charge in [-0.3, -0.25) is 0 Å². The molecule has 0 radical (unpaired) electrons. The highest BCUT2D eigenvalue weighted by molar-refractivity contribution is 7.98. The summed E-state index contributed by atoms with van der Waals surface area (Å²) in [5.41, 5.74) is 1.27. The van der Waals surface area contributed by atoms with Gasteiger partial charge in [0.25, 0.3) is 0 Å². The molecule has 84 valence electrons. The van der Waals surface area contributed by atoms with Gasteiger partial charge in [-0.2, -0.15) is 11.8 Å². The third-order valence-corrected chi connectivity index (χ3v) is 3.02. The van der Waals surface area contributed by atoms with Gasteiger partial charge in [-0.15, -0.1) is 0 Å². The van der Waals surface area contributed by atoms with Gasteiger partial charge in [-0.25, -0.2) is 0 Å². The zero-order valence-corrected chi connectivity index (χ0v) is 10.8. The van der Waals surface area contributed by atoms with Crippen LogP contribution in [0.1, 0.15) is 39.5 Å². The molecule has 0 aromatic heterocycles. The Bertz CT molecular complexity index is 145. The second-order valence-electron chi connectivity index (χ2n) is 3.84. The van der Waals surface area contributed by atoms with Crippen LogP contribution in [0, 0.1) is 0 Å². The minimum absolute atomic E-state index is 0.527. The summed E-state index contributed by atoms with van der Waals surface area (Å²) >= 11 is 1.91. The fourth-order valence-corrected chi connectivity index (χ4v) is 1.88. The van der Waals surface area contributed by atoms with Gasteiger partial charge in [0.05, 0.1) is 0 Å². The van der Waals surface area contributed by atoms with Crippen LogP contribution in [0.5, 0.6) is 0 Å². The van der Waals surface area contributed by atoms with Gasteiger partial charge in [0.15, 0.2) is 0 Å². The van der Waals surface area contributed by atoms with Crippen molar-refractivity contribution in [3.05, 3.63) is 12.2 Å². The van der Waals surface area contributed by atoms with Gasteiger partial charge in [0, 0.05) is 6.04 Å². The molecule has 1 atom stereocenters. The number of nitrogens with one attached hydrogen (secondary N) is 1. The van der Waals surface area contributed by atoms with E-state index in [9.17, 15) is 0 Å². The van der Waals surface area contributed by atoms with E-state index in [4.69, 9.17) is 0 Å². The van der Waals surface area contributed by atoms with Gasteiger partial charge in [-0.05, 0) is 38.3 Å². The van der Waals surface area contributed by atoms with Crippen LogP contribution in [0.15, 0.2) is 12.2 Å². The lowest BCUT2D eigenvalue weighted by Crippen LogP contribution is -2.31. The molecular weight excluding hydrogens is 190 g/mol. The third-order valence-electron chi connectivity index (χ3n) is 2.38. The number of hydrogen-bond acceptors (Lipinski definition) is 2. The minimum atomic E-state index is 0.527. The maximum Gasteiger partial charge on any atom is 0.0281 e. The van der Waals surface area contributed by atoms with Crippen LogP contribution in [0.3, 0.4) is 0 Å². The molecule has 0 aromatic carbocycles. The fraction of sp³-hybridized carbons (Fsp3) is 0.833. The number of hydrogen-bond donors (Lipinski definition) is 1. The van der Waals surface area contributed by atoms with Crippen molar-refractivity contribution in [2.45, 2.75) is 45.6 Å². The van der Waals surface area contributed by atoms with Crippen molar-refractivity contribution in [2.24, 2.45) is 0 Å². The smallest absolute Gasteiger partial charge is 0.0281 e. The van der Waals surface area contributed by atoms with Crippen molar-refractivity contribution in [1.29, 1.82) is 0 Å². The van der Waals surface area contributed by atoms with Crippen LogP contribution in [0.25, 0.3) is 0 Å². The molecule has 0 aliphatic carbocycles. The maximum absolute atomic E-state index is 4.04. The molecular formula is C12H25NS. The van der Waals surface area contributed by atoms with Gasteiger partial charge < -0.3 is 5.32 Å². The summed E-state index contributed by atoms with van der Waals surface area (Å²) in [7, 11) is 0. The van der Waals surface area contributed by atoms with Crippen LogP contribution in [0.2, 0.25) is 0 Å². The molecule has 0 fully saturated rings. The molecule has 0 saturated heterocycles. The molecule has 0 heterocycles. The molecule has 0 rings (SSSR count). The predicted molar refractivity (Wildman–Crippen MR) is 69.1 cm³/mol. The topological polar surface area (TPSA) is 12.0 Å². The first-order valence-corrected chi connectivity index (χ1v) is 6.99. The molecule has 0 aliphatic heterocycles. The Kier molecular flexibility index (Phi) is 9.63. The fourth-order valence-electron chi connectivity index (χ4n) is 1.41. The van der Waals surface area contributed by atoms with Gasteiger partial charge in [0.2, 0.25) is 0 Å². The first-order chi connectivity index (χ1) is 6.72. The maximum atomic E-state index is 4.04. The molecule has 0 bridgehead atoms. The van der Waals surface area contributed by atoms with Crippen molar-refractivity contribution >= 4 is 11.8 Å². The Morgan fingerprint density at radius 3 is 2.64 bits per heavy atom. The quantitative estimate of drug-likeness (QED) is 0.467. The SMILES string of the molecule is C=C(C)[C@H](CCSC)NCCCCC. The lowest BCUT2D eigenvalue weighted by Gasteiger charge is -2.18. The number of unbranched alkanes of at least 4 members (excludes halogenated alkanes) is 2. The van der Waals surface area contributed by atoms with Crippen molar-refractivity contribution in [3.63, 3.8) is 0 Å². The lowest BCUT2D eigenvalue weighted by molar-refractivity contribution is 0.534. The van der Waals surface area contributed by atoms with E-state index in [1.807, 2.05) is 11.8 Å². The van der Waals surface area contributed by atoms with Crippen LogP contribution >= 0.6 is 11.8 Å². The molecule has 0 saturated carbocycles. The van der Waals surface area contributed by atoms with E-state index < -0.39 is 0 Å². The van der Waals surface area contributed by atoms with Crippen molar-refractivity contribution < 1.29 is 0 Å². The van der Waals surface area contributed by atoms with E-state index in [0.717, 1.165) is 6.54 Å². The summed E-state index contributed by atoms with van der Waals surface area (Å²) in [6, 6.07) is 0.527. The van der Waals surface area contributed by atoms with E-state index in [1.54, 1.807) is 0 Å². The summed E-state index contributed by atoms with van der Waals surface area (Å²) in [6.45, 7) is 9.54.